The Kier molecular flexibility index (Phi) is 2.95. The Morgan fingerprint density at radius 3 is 2.04 bits per heavy atom. The first-order valence-corrected chi connectivity index (χ1v) is 9.24. The Labute approximate surface area is 139 Å². The van der Waals surface area contributed by atoms with Gasteiger partial charge < -0.3 is 0 Å². The van der Waals surface area contributed by atoms with Gasteiger partial charge in [-0.1, -0.05) is 24.3 Å². The lowest BCUT2D eigenvalue weighted by molar-refractivity contribution is -0.00518. The van der Waals surface area contributed by atoms with Gasteiger partial charge in [-0.05, 0) is 91.9 Å². The van der Waals surface area contributed by atoms with Gasteiger partial charge in [0, 0.05) is 11.8 Å². The summed E-state index contributed by atoms with van der Waals surface area (Å²) in [6, 6.07) is 13.7. The zero-order valence-corrected chi connectivity index (χ0v) is 14.0. The van der Waals surface area contributed by atoms with E-state index in [9.17, 15) is 0 Å². The zero-order chi connectivity index (χ0) is 15.4. The van der Waals surface area contributed by atoms with E-state index in [1.807, 2.05) is 6.20 Å². The summed E-state index contributed by atoms with van der Waals surface area (Å²) in [6.45, 7) is 2.13. The number of rotatable bonds is 2. The molecule has 0 unspecified atom stereocenters. The molecule has 4 aliphatic rings. The maximum absolute atomic E-state index is 4.53. The summed E-state index contributed by atoms with van der Waals surface area (Å²) >= 11 is 0. The predicted octanol–water partition coefficient (Wildman–Crippen LogP) is 5.52. The molecule has 0 saturated heterocycles. The first-order valence-electron chi connectivity index (χ1n) is 9.24. The van der Waals surface area contributed by atoms with Gasteiger partial charge in [-0.3, -0.25) is 4.98 Å². The van der Waals surface area contributed by atoms with Gasteiger partial charge >= 0.3 is 0 Å². The van der Waals surface area contributed by atoms with E-state index in [2.05, 4.69) is 48.3 Å². The molecule has 1 nitrogen and oxygen atoms in total. The van der Waals surface area contributed by atoms with Gasteiger partial charge in [-0.25, -0.2) is 0 Å². The quantitative estimate of drug-likeness (QED) is 0.711. The standard InChI is InChI=1S/C22H25N/c1-15-6-7-23-21(8-15)19-2-4-20(5-3-19)22-12-16-9-17(13-22)11-18(10-16)14-22/h2-8,16-18H,9-14H2,1H3. The number of aryl methyl sites for hydroxylation is 1. The minimum atomic E-state index is 0.507. The molecule has 118 valence electrons. The Balaban J connectivity index is 1.48. The largest absolute Gasteiger partial charge is 0.256 e. The zero-order valence-electron chi connectivity index (χ0n) is 14.0. The lowest BCUT2D eigenvalue weighted by Crippen LogP contribution is -2.48. The van der Waals surface area contributed by atoms with Gasteiger partial charge in [0.15, 0.2) is 0 Å². The summed E-state index contributed by atoms with van der Waals surface area (Å²) in [5, 5.41) is 0. The van der Waals surface area contributed by atoms with Crippen LogP contribution in [0.15, 0.2) is 42.6 Å². The summed E-state index contributed by atoms with van der Waals surface area (Å²) in [5.74, 6) is 3.04. The molecule has 4 aliphatic carbocycles. The van der Waals surface area contributed by atoms with Crippen molar-refractivity contribution >= 4 is 0 Å². The highest BCUT2D eigenvalue weighted by Gasteiger charge is 2.51. The molecule has 1 heterocycles. The molecule has 1 heteroatoms. The van der Waals surface area contributed by atoms with Crippen molar-refractivity contribution in [2.45, 2.75) is 50.9 Å². The monoisotopic (exact) mass is 303 g/mol. The van der Waals surface area contributed by atoms with E-state index in [0.29, 0.717) is 5.41 Å². The minimum Gasteiger partial charge on any atom is -0.256 e. The van der Waals surface area contributed by atoms with Crippen molar-refractivity contribution in [1.82, 2.24) is 4.98 Å². The van der Waals surface area contributed by atoms with E-state index in [1.54, 1.807) is 5.56 Å². The first-order chi connectivity index (χ1) is 11.2. The molecule has 4 bridgehead atoms. The van der Waals surface area contributed by atoms with E-state index in [4.69, 9.17) is 0 Å². The van der Waals surface area contributed by atoms with Crippen LogP contribution in [0.25, 0.3) is 11.3 Å². The van der Waals surface area contributed by atoms with E-state index in [0.717, 1.165) is 23.4 Å². The second kappa shape index (κ2) is 4.93. The molecule has 4 saturated carbocycles. The summed E-state index contributed by atoms with van der Waals surface area (Å²) in [6.07, 6.45) is 10.8. The maximum atomic E-state index is 4.53. The third-order valence-electron chi connectivity index (χ3n) is 6.75. The maximum Gasteiger partial charge on any atom is 0.0704 e. The number of aromatic nitrogens is 1. The highest BCUT2D eigenvalue weighted by Crippen LogP contribution is 2.60. The van der Waals surface area contributed by atoms with Gasteiger partial charge in [0.05, 0.1) is 5.69 Å². The molecule has 0 atom stereocenters. The molecule has 2 aromatic rings. The van der Waals surface area contributed by atoms with Crippen molar-refractivity contribution in [2.24, 2.45) is 17.8 Å². The second-order valence-corrected chi connectivity index (χ2v) is 8.49. The molecule has 6 rings (SSSR count). The smallest absolute Gasteiger partial charge is 0.0704 e. The summed E-state index contributed by atoms with van der Waals surface area (Å²) in [5.41, 5.74) is 5.74. The van der Waals surface area contributed by atoms with Crippen LogP contribution in [0.2, 0.25) is 0 Å². The summed E-state index contributed by atoms with van der Waals surface area (Å²) < 4.78 is 0. The van der Waals surface area contributed by atoms with Crippen molar-refractivity contribution in [3.63, 3.8) is 0 Å². The van der Waals surface area contributed by atoms with Gasteiger partial charge in [-0.2, -0.15) is 0 Å². The van der Waals surface area contributed by atoms with Crippen LogP contribution in [-0.2, 0) is 5.41 Å². The van der Waals surface area contributed by atoms with Crippen LogP contribution >= 0.6 is 0 Å². The Hall–Kier alpha value is -1.63. The lowest BCUT2D eigenvalue weighted by Gasteiger charge is -2.57. The first kappa shape index (κ1) is 13.8. The number of nitrogens with zero attached hydrogens (tertiary/aromatic N) is 1. The molecule has 0 spiro atoms. The fraction of sp³-hybridized carbons (Fsp3) is 0.500. The lowest BCUT2D eigenvalue weighted by atomic mass is 9.48. The summed E-state index contributed by atoms with van der Waals surface area (Å²) in [7, 11) is 0. The van der Waals surface area contributed by atoms with Gasteiger partial charge in [0.1, 0.15) is 0 Å². The fourth-order valence-corrected chi connectivity index (χ4v) is 6.15. The fourth-order valence-electron chi connectivity index (χ4n) is 6.15. The molecule has 0 amide bonds. The molecular weight excluding hydrogens is 278 g/mol. The molecular formula is C22H25N. The van der Waals surface area contributed by atoms with E-state index in [1.165, 1.54) is 49.7 Å². The average molecular weight is 303 g/mol. The third kappa shape index (κ3) is 2.24. The predicted molar refractivity (Wildman–Crippen MR) is 94.3 cm³/mol. The SMILES string of the molecule is Cc1ccnc(-c2ccc(C34CC5CC(CC(C5)C3)C4)cc2)c1. The highest BCUT2D eigenvalue weighted by atomic mass is 14.7. The molecule has 0 N–H and O–H groups in total. The van der Waals surface area contributed by atoms with Crippen LogP contribution in [0.5, 0.6) is 0 Å². The van der Waals surface area contributed by atoms with Crippen LogP contribution < -0.4 is 0 Å². The van der Waals surface area contributed by atoms with E-state index in [-0.39, 0.29) is 0 Å². The Bertz CT molecular complexity index is 693. The van der Waals surface area contributed by atoms with Crippen molar-refractivity contribution in [2.75, 3.05) is 0 Å². The van der Waals surface area contributed by atoms with Crippen molar-refractivity contribution < 1.29 is 0 Å². The van der Waals surface area contributed by atoms with Crippen molar-refractivity contribution in [3.05, 3.63) is 53.7 Å². The number of benzene rings is 1. The van der Waals surface area contributed by atoms with Gasteiger partial charge in [0.2, 0.25) is 0 Å². The topological polar surface area (TPSA) is 12.9 Å². The molecule has 4 fully saturated rings. The number of pyridine rings is 1. The highest BCUT2D eigenvalue weighted by molar-refractivity contribution is 5.60. The van der Waals surface area contributed by atoms with Crippen LogP contribution in [-0.4, -0.2) is 4.98 Å². The van der Waals surface area contributed by atoms with Crippen LogP contribution in [0, 0.1) is 24.7 Å². The van der Waals surface area contributed by atoms with Crippen LogP contribution in [0.1, 0.15) is 49.7 Å². The molecule has 1 aromatic carbocycles. The van der Waals surface area contributed by atoms with Crippen LogP contribution in [0.3, 0.4) is 0 Å². The van der Waals surface area contributed by atoms with E-state index < -0.39 is 0 Å². The normalized spacial score (nSPS) is 34.7. The van der Waals surface area contributed by atoms with Crippen molar-refractivity contribution in [3.8, 4) is 11.3 Å². The number of hydrogen-bond donors (Lipinski definition) is 0. The molecule has 0 aliphatic heterocycles. The van der Waals surface area contributed by atoms with E-state index >= 15 is 0 Å². The molecule has 0 radical (unpaired) electrons. The second-order valence-electron chi connectivity index (χ2n) is 8.49. The minimum absolute atomic E-state index is 0.507. The Morgan fingerprint density at radius 1 is 0.870 bits per heavy atom. The third-order valence-corrected chi connectivity index (χ3v) is 6.75. The molecule has 1 aromatic heterocycles. The average Bonchev–Trinajstić information content (AvgIpc) is 2.54. The molecule has 23 heavy (non-hydrogen) atoms. The Morgan fingerprint density at radius 2 is 1.48 bits per heavy atom. The van der Waals surface area contributed by atoms with Crippen LogP contribution in [0.4, 0.5) is 0 Å². The number of hydrogen-bond acceptors (Lipinski definition) is 1. The van der Waals surface area contributed by atoms with Gasteiger partial charge in [0.25, 0.3) is 0 Å². The van der Waals surface area contributed by atoms with Gasteiger partial charge in [-0.15, -0.1) is 0 Å². The summed E-state index contributed by atoms with van der Waals surface area (Å²) in [4.78, 5) is 4.53. The van der Waals surface area contributed by atoms with Crippen molar-refractivity contribution in [1.29, 1.82) is 0 Å².